The second kappa shape index (κ2) is 9.78. The van der Waals surface area contributed by atoms with Crippen LogP contribution >= 0.6 is 11.8 Å². The summed E-state index contributed by atoms with van der Waals surface area (Å²) in [5, 5.41) is -0.371. The zero-order chi connectivity index (χ0) is 25.4. The highest BCUT2D eigenvalue weighted by molar-refractivity contribution is 8.03. The van der Waals surface area contributed by atoms with E-state index in [1.54, 1.807) is 29.0 Å². The molecule has 3 aliphatic rings. The largest absolute Gasteiger partial charge is 0.497 e. The van der Waals surface area contributed by atoms with Crippen LogP contribution in [0.15, 0.2) is 48.5 Å². The Hall–Kier alpha value is -3.04. The molecule has 0 saturated carbocycles. The van der Waals surface area contributed by atoms with Gasteiger partial charge >= 0.3 is 5.97 Å². The fourth-order valence-electron chi connectivity index (χ4n) is 5.38. The van der Waals surface area contributed by atoms with Gasteiger partial charge in [-0.25, -0.2) is 0 Å². The number of para-hydroxylation sites is 1. The van der Waals surface area contributed by atoms with Crippen LogP contribution in [0.5, 0.6) is 5.75 Å². The molecule has 5 rings (SSSR count). The van der Waals surface area contributed by atoms with E-state index < -0.39 is 4.87 Å². The molecule has 2 saturated heterocycles. The number of thioether (sulfide) groups is 1. The lowest BCUT2D eigenvalue weighted by molar-refractivity contribution is -0.149. The van der Waals surface area contributed by atoms with Gasteiger partial charge in [-0.1, -0.05) is 18.2 Å². The lowest BCUT2D eigenvalue weighted by Crippen LogP contribution is -2.52. The second-order valence-corrected chi connectivity index (χ2v) is 10.8. The van der Waals surface area contributed by atoms with Crippen molar-refractivity contribution in [3.8, 4) is 5.75 Å². The minimum absolute atomic E-state index is 0.0922. The molecular weight excluding hydrogens is 478 g/mol. The number of nitrogens with zero attached hydrogens (tertiary/aromatic N) is 3. The maximum atomic E-state index is 14.3. The third-order valence-electron chi connectivity index (χ3n) is 7.20. The van der Waals surface area contributed by atoms with Crippen molar-refractivity contribution in [2.24, 2.45) is 5.92 Å². The molecule has 2 fully saturated rings. The van der Waals surface area contributed by atoms with Gasteiger partial charge in [-0.2, -0.15) is 0 Å². The molecule has 9 heteroatoms. The average molecular weight is 510 g/mol. The minimum atomic E-state index is -1.16. The Labute approximate surface area is 215 Å². The molecule has 2 aromatic rings. The lowest BCUT2D eigenvalue weighted by atomic mass is 9.97. The van der Waals surface area contributed by atoms with Crippen molar-refractivity contribution in [1.82, 2.24) is 4.90 Å². The number of hydrogen-bond donors (Lipinski definition) is 0. The van der Waals surface area contributed by atoms with Crippen molar-refractivity contribution in [3.05, 3.63) is 54.1 Å². The van der Waals surface area contributed by atoms with Gasteiger partial charge in [0, 0.05) is 24.3 Å². The summed E-state index contributed by atoms with van der Waals surface area (Å²) in [5.41, 5.74) is 2.32. The zero-order valence-electron chi connectivity index (χ0n) is 20.8. The fraction of sp³-hybridized carbons (Fsp3) is 0.444. The predicted octanol–water partition coefficient (Wildman–Crippen LogP) is 3.60. The summed E-state index contributed by atoms with van der Waals surface area (Å²) >= 11 is 1.40. The Bertz CT molecular complexity index is 1160. The number of anilines is 2. The van der Waals surface area contributed by atoms with E-state index in [-0.39, 0.29) is 29.0 Å². The molecular formula is C27H31N3O5S. The van der Waals surface area contributed by atoms with Gasteiger partial charge in [0.15, 0.2) is 0 Å². The van der Waals surface area contributed by atoms with Gasteiger partial charge in [0.1, 0.15) is 5.75 Å². The van der Waals surface area contributed by atoms with Crippen LogP contribution in [0.4, 0.5) is 11.4 Å². The molecule has 36 heavy (non-hydrogen) atoms. The van der Waals surface area contributed by atoms with Gasteiger partial charge in [-0.15, -0.1) is 11.8 Å². The van der Waals surface area contributed by atoms with Crippen LogP contribution in [0.3, 0.4) is 0 Å². The van der Waals surface area contributed by atoms with Gasteiger partial charge in [-0.05, 0) is 57.0 Å². The van der Waals surface area contributed by atoms with E-state index in [0.29, 0.717) is 50.6 Å². The van der Waals surface area contributed by atoms with Crippen molar-refractivity contribution in [2.75, 3.05) is 43.3 Å². The predicted molar refractivity (Wildman–Crippen MR) is 139 cm³/mol. The first-order valence-corrected chi connectivity index (χ1v) is 13.2. The van der Waals surface area contributed by atoms with Crippen molar-refractivity contribution in [2.45, 2.75) is 36.8 Å². The quantitative estimate of drug-likeness (QED) is 0.551. The molecule has 0 bridgehead atoms. The summed E-state index contributed by atoms with van der Waals surface area (Å²) in [6.45, 7) is 5.88. The van der Waals surface area contributed by atoms with Crippen molar-refractivity contribution in [3.63, 3.8) is 0 Å². The van der Waals surface area contributed by atoms with E-state index in [1.807, 2.05) is 50.2 Å². The number of benzene rings is 2. The lowest BCUT2D eigenvalue weighted by Gasteiger charge is -2.36. The number of amides is 2. The van der Waals surface area contributed by atoms with Crippen LogP contribution in [0.25, 0.3) is 0 Å². The maximum Gasteiger partial charge on any atom is 0.309 e. The number of piperidine rings is 1. The van der Waals surface area contributed by atoms with Crippen LogP contribution in [0, 0.1) is 5.92 Å². The number of ether oxygens (including phenoxy) is 2. The Morgan fingerprint density at radius 2 is 1.78 bits per heavy atom. The molecule has 2 atom stereocenters. The highest BCUT2D eigenvalue weighted by atomic mass is 32.2. The summed E-state index contributed by atoms with van der Waals surface area (Å²) in [6.07, 6.45) is 1.41. The number of carbonyl (C=O) groups excluding carboxylic acids is 3. The van der Waals surface area contributed by atoms with E-state index in [1.165, 1.54) is 11.8 Å². The molecule has 3 heterocycles. The molecule has 1 spiro atoms. The molecule has 0 aliphatic carbocycles. The zero-order valence-corrected chi connectivity index (χ0v) is 21.6. The van der Waals surface area contributed by atoms with Gasteiger partial charge in [0.05, 0.1) is 37.2 Å². The number of rotatable bonds is 6. The summed E-state index contributed by atoms with van der Waals surface area (Å²) in [4.78, 5) is 44.4. The monoisotopic (exact) mass is 509 g/mol. The highest BCUT2D eigenvalue weighted by Gasteiger charge is 2.63. The topological polar surface area (TPSA) is 79.4 Å². The molecule has 2 amide bonds. The first kappa shape index (κ1) is 24.6. The molecule has 0 N–H and O–H groups in total. The van der Waals surface area contributed by atoms with Gasteiger partial charge < -0.3 is 9.47 Å². The van der Waals surface area contributed by atoms with Gasteiger partial charge in [-0.3, -0.25) is 29.1 Å². The average Bonchev–Trinajstić information content (AvgIpc) is 3.30. The molecule has 3 aliphatic heterocycles. The smallest absolute Gasteiger partial charge is 0.309 e. The summed E-state index contributed by atoms with van der Waals surface area (Å²) in [5.74, 6) is 0.249. The number of methoxy groups -OCH3 is 1. The number of hydrogen-bond acceptors (Lipinski definition) is 7. The molecule has 0 aromatic heterocycles. The molecule has 0 radical (unpaired) electrons. The van der Waals surface area contributed by atoms with E-state index in [2.05, 4.69) is 4.90 Å². The fourth-order valence-corrected chi connectivity index (χ4v) is 6.91. The second-order valence-electron chi connectivity index (χ2n) is 9.31. The van der Waals surface area contributed by atoms with E-state index in [0.717, 1.165) is 11.3 Å². The number of carbonyl (C=O) groups is 3. The van der Waals surface area contributed by atoms with E-state index in [4.69, 9.17) is 9.47 Å². The minimum Gasteiger partial charge on any atom is -0.497 e. The van der Waals surface area contributed by atoms with E-state index >= 15 is 0 Å². The summed E-state index contributed by atoms with van der Waals surface area (Å²) in [7, 11) is 1.60. The highest BCUT2D eigenvalue weighted by Crippen LogP contribution is 2.57. The molecule has 2 aromatic carbocycles. The molecule has 0 unspecified atom stereocenters. The summed E-state index contributed by atoms with van der Waals surface area (Å²) in [6, 6.07) is 15.0. The van der Waals surface area contributed by atoms with Crippen molar-refractivity contribution in [1.29, 1.82) is 0 Å². The number of likely N-dealkylation sites (tertiary alicyclic amines) is 1. The van der Waals surface area contributed by atoms with Gasteiger partial charge in [0.2, 0.25) is 10.8 Å². The first-order chi connectivity index (χ1) is 17.4. The Morgan fingerprint density at radius 3 is 2.44 bits per heavy atom. The third-order valence-corrected chi connectivity index (χ3v) is 8.68. The van der Waals surface area contributed by atoms with Crippen molar-refractivity contribution < 1.29 is 23.9 Å². The molecule has 8 nitrogen and oxygen atoms in total. The SMILES string of the molecule is CCOC(=O)C1CCN(CN2C(=O)[C@]3(S[C@@H](C)C(=O)N3c3ccc(OC)cc3)c3ccccc32)CC1. The number of esters is 1. The number of fused-ring (bicyclic) bond motifs is 2. The van der Waals surface area contributed by atoms with Crippen LogP contribution in [-0.2, 0) is 24.0 Å². The van der Waals surface area contributed by atoms with E-state index in [9.17, 15) is 14.4 Å². The van der Waals surface area contributed by atoms with Crippen LogP contribution in [0.2, 0.25) is 0 Å². The normalized spacial score (nSPS) is 24.5. The Morgan fingerprint density at radius 1 is 1.08 bits per heavy atom. The first-order valence-electron chi connectivity index (χ1n) is 12.4. The van der Waals surface area contributed by atoms with Crippen LogP contribution in [0.1, 0.15) is 32.3 Å². The van der Waals surface area contributed by atoms with Crippen molar-refractivity contribution >= 4 is 40.9 Å². The van der Waals surface area contributed by atoms with Gasteiger partial charge in [0.25, 0.3) is 5.91 Å². The molecule has 190 valence electrons. The Kier molecular flexibility index (Phi) is 6.70. The summed E-state index contributed by atoms with van der Waals surface area (Å²) < 4.78 is 10.5. The van der Waals surface area contributed by atoms with Crippen LogP contribution in [-0.4, -0.2) is 61.4 Å². The van der Waals surface area contributed by atoms with Crippen LogP contribution < -0.4 is 14.5 Å². The Balaban J connectivity index is 1.45. The third kappa shape index (κ3) is 3.94. The maximum absolute atomic E-state index is 14.3. The standard InChI is InChI=1S/C27H31N3O5S/c1-4-35-25(32)19-13-15-28(16-14-19)17-29-23-8-6-5-7-22(23)27(26(29)33)30(24(31)18(2)36-27)20-9-11-21(34-3)12-10-20/h5-12,18-19H,4,13-17H2,1-3H3/t18-,27+/m0/s1.